The van der Waals surface area contributed by atoms with E-state index in [0.717, 1.165) is 11.1 Å². The first-order valence-electron chi connectivity index (χ1n) is 13.0. The summed E-state index contributed by atoms with van der Waals surface area (Å²) in [5, 5.41) is 11.1. The van der Waals surface area contributed by atoms with Crippen molar-refractivity contribution in [2.75, 3.05) is 0 Å². The Morgan fingerprint density at radius 2 is 1.62 bits per heavy atom. The normalized spacial score (nSPS) is 23.6. The molecule has 0 aromatic heterocycles. The summed E-state index contributed by atoms with van der Waals surface area (Å²) in [6.45, 7) is 12.3. The van der Waals surface area contributed by atoms with Gasteiger partial charge in [0, 0.05) is 30.4 Å². The van der Waals surface area contributed by atoms with Crippen LogP contribution in [0.5, 0.6) is 11.5 Å². The molecule has 1 aromatic rings. The largest absolute Gasteiger partial charge is 0.504 e. The van der Waals surface area contributed by atoms with Gasteiger partial charge in [0.1, 0.15) is 6.10 Å². The quantitative estimate of drug-likeness (QED) is 0.376. The van der Waals surface area contributed by atoms with Crippen LogP contribution in [0.15, 0.2) is 64.5 Å². The van der Waals surface area contributed by atoms with Crippen molar-refractivity contribution in [2.24, 2.45) is 16.7 Å². The number of ketones is 1. The number of esters is 3. The Hall–Kier alpha value is -3.94. The summed E-state index contributed by atoms with van der Waals surface area (Å²) in [4.78, 5) is 49.3. The highest BCUT2D eigenvalue weighted by atomic mass is 16.6. The van der Waals surface area contributed by atoms with Crippen LogP contribution in [0.4, 0.5) is 0 Å². The molecule has 206 valence electrons. The van der Waals surface area contributed by atoms with Gasteiger partial charge in [0.05, 0.1) is 5.56 Å². The molecule has 0 heterocycles. The van der Waals surface area contributed by atoms with E-state index in [4.69, 9.17) is 14.2 Å². The third kappa shape index (κ3) is 5.20. The van der Waals surface area contributed by atoms with Crippen molar-refractivity contribution in [3.05, 3.63) is 70.0 Å². The average Bonchev–Trinajstić information content (AvgIpc) is 2.80. The number of aliphatic hydroxyl groups is 1. The molecule has 0 spiro atoms. The second-order valence-electron chi connectivity index (χ2n) is 11.5. The van der Waals surface area contributed by atoms with Gasteiger partial charge >= 0.3 is 17.9 Å². The first-order valence-corrected chi connectivity index (χ1v) is 13.0. The zero-order valence-electron chi connectivity index (χ0n) is 23.3. The van der Waals surface area contributed by atoms with Crippen molar-refractivity contribution in [1.29, 1.82) is 0 Å². The lowest BCUT2D eigenvalue weighted by Gasteiger charge is -2.52. The van der Waals surface area contributed by atoms with Gasteiger partial charge in [-0.15, -0.1) is 0 Å². The highest BCUT2D eigenvalue weighted by Gasteiger charge is 2.52. The number of benzene rings is 1. The van der Waals surface area contributed by atoms with Crippen LogP contribution in [0.3, 0.4) is 0 Å². The third-order valence-electron chi connectivity index (χ3n) is 7.58. The molecule has 0 radical (unpaired) electrons. The van der Waals surface area contributed by atoms with E-state index < -0.39 is 34.8 Å². The van der Waals surface area contributed by atoms with Crippen LogP contribution in [0, 0.1) is 16.7 Å². The lowest BCUT2D eigenvalue weighted by atomic mass is 9.53. The van der Waals surface area contributed by atoms with Crippen molar-refractivity contribution in [3.63, 3.8) is 0 Å². The standard InChI is InChI=1S/C31H34O8/c1-16(2)22-12-19-9-11-25-30(5,6)14-21(15-31(25,7)26(19)28(35)27(22)34)39-29(36)20-8-10-23(37-17(3)32)24(13-20)38-18(4)33/h8-13,16,21,35H,14-15H2,1-7H3/t21?,31-/m0/s1. The number of carbonyl (C=O) groups excluding carboxylic acids is 4. The molecule has 3 aliphatic carbocycles. The molecule has 4 rings (SSSR count). The number of hydrogen-bond donors (Lipinski definition) is 1. The Morgan fingerprint density at radius 3 is 2.23 bits per heavy atom. The van der Waals surface area contributed by atoms with Crippen LogP contribution in [-0.4, -0.2) is 34.9 Å². The molecule has 0 bridgehead atoms. The molecule has 0 amide bonds. The topological polar surface area (TPSA) is 116 Å². The summed E-state index contributed by atoms with van der Waals surface area (Å²) in [7, 11) is 0. The molecular formula is C31H34O8. The molecule has 1 unspecified atom stereocenters. The maximum atomic E-state index is 13.3. The van der Waals surface area contributed by atoms with Gasteiger partial charge < -0.3 is 19.3 Å². The van der Waals surface area contributed by atoms with E-state index in [9.17, 15) is 24.3 Å². The van der Waals surface area contributed by atoms with Crippen molar-refractivity contribution in [3.8, 4) is 11.5 Å². The predicted octanol–water partition coefficient (Wildman–Crippen LogP) is 5.73. The fourth-order valence-electron chi connectivity index (χ4n) is 6.13. The first kappa shape index (κ1) is 28.1. The number of aliphatic hydroxyl groups excluding tert-OH is 1. The monoisotopic (exact) mass is 534 g/mol. The molecule has 0 saturated heterocycles. The van der Waals surface area contributed by atoms with E-state index in [1.54, 1.807) is 0 Å². The number of hydrogen-bond acceptors (Lipinski definition) is 8. The maximum absolute atomic E-state index is 13.3. The van der Waals surface area contributed by atoms with Crippen LogP contribution in [0.25, 0.3) is 0 Å². The number of allylic oxidation sites excluding steroid dienone is 7. The van der Waals surface area contributed by atoms with Gasteiger partial charge in [-0.1, -0.05) is 52.3 Å². The van der Waals surface area contributed by atoms with E-state index in [1.165, 1.54) is 32.0 Å². The lowest BCUT2D eigenvalue weighted by molar-refractivity contribution is -0.134. The van der Waals surface area contributed by atoms with Crippen molar-refractivity contribution in [2.45, 2.75) is 67.4 Å². The summed E-state index contributed by atoms with van der Waals surface area (Å²) in [5.74, 6) is -2.61. The van der Waals surface area contributed by atoms with E-state index in [-0.39, 0.29) is 34.5 Å². The van der Waals surface area contributed by atoms with E-state index in [2.05, 4.69) is 19.9 Å². The van der Waals surface area contributed by atoms with Crippen LogP contribution in [0.1, 0.15) is 71.7 Å². The maximum Gasteiger partial charge on any atom is 0.338 e. The van der Waals surface area contributed by atoms with Crippen LogP contribution < -0.4 is 9.47 Å². The molecular weight excluding hydrogens is 500 g/mol. The Kier molecular flexibility index (Phi) is 7.19. The predicted molar refractivity (Wildman–Crippen MR) is 143 cm³/mol. The molecule has 1 aromatic carbocycles. The molecule has 3 aliphatic rings. The van der Waals surface area contributed by atoms with Gasteiger partial charge in [-0.25, -0.2) is 4.79 Å². The van der Waals surface area contributed by atoms with Crippen LogP contribution in [-0.2, 0) is 19.1 Å². The fourth-order valence-corrected chi connectivity index (χ4v) is 6.13. The Balaban J connectivity index is 1.66. The summed E-state index contributed by atoms with van der Waals surface area (Å²) < 4.78 is 16.2. The number of rotatable bonds is 5. The average molecular weight is 535 g/mol. The number of ether oxygens (including phenoxy) is 3. The van der Waals surface area contributed by atoms with Gasteiger partial charge in [-0.3, -0.25) is 14.4 Å². The summed E-state index contributed by atoms with van der Waals surface area (Å²) >= 11 is 0. The van der Waals surface area contributed by atoms with Gasteiger partial charge in [0.15, 0.2) is 17.3 Å². The summed E-state index contributed by atoms with van der Waals surface area (Å²) in [5.41, 5.74) is 1.95. The smallest absolute Gasteiger partial charge is 0.338 e. The van der Waals surface area contributed by atoms with Crippen LogP contribution in [0.2, 0.25) is 0 Å². The fraction of sp³-hybridized carbons (Fsp3) is 0.419. The minimum absolute atomic E-state index is 0.00932. The third-order valence-corrected chi connectivity index (χ3v) is 7.58. The minimum atomic E-state index is -0.738. The second-order valence-corrected chi connectivity index (χ2v) is 11.5. The summed E-state index contributed by atoms with van der Waals surface area (Å²) in [6.07, 6.45) is 6.22. The molecule has 8 nitrogen and oxygen atoms in total. The molecule has 1 fully saturated rings. The van der Waals surface area contributed by atoms with Crippen molar-refractivity contribution in [1.82, 2.24) is 0 Å². The minimum Gasteiger partial charge on any atom is -0.504 e. The zero-order valence-corrected chi connectivity index (χ0v) is 23.3. The Bertz CT molecular complexity index is 1400. The molecule has 1 saturated carbocycles. The molecule has 39 heavy (non-hydrogen) atoms. The van der Waals surface area contributed by atoms with Gasteiger partial charge in [0.25, 0.3) is 0 Å². The molecule has 0 aliphatic heterocycles. The van der Waals surface area contributed by atoms with Gasteiger partial charge in [-0.2, -0.15) is 0 Å². The lowest BCUT2D eigenvalue weighted by Crippen LogP contribution is -2.46. The van der Waals surface area contributed by atoms with Crippen molar-refractivity contribution < 1.29 is 38.5 Å². The van der Waals surface area contributed by atoms with Crippen LogP contribution >= 0.6 is 0 Å². The number of Topliss-reactive ketones (excluding diaryl/α,β-unsaturated/α-hetero) is 1. The van der Waals surface area contributed by atoms with E-state index in [0.29, 0.717) is 24.0 Å². The van der Waals surface area contributed by atoms with Gasteiger partial charge in [-0.05, 0) is 54.0 Å². The number of fused-ring (bicyclic) bond motifs is 3. The van der Waals surface area contributed by atoms with E-state index in [1.807, 2.05) is 32.9 Å². The highest BCUT2D eigenvalue weighted by molar-refractivity contribution is 6.10. The highest BCUT2D eigenvalue weighted by Crippen LogP contribution is 2.59. The SMILES string of the molecule is CC(=O)Oc1ccc(C(=O)OC2CC(C)(C)C3=CC=C4C=C(C(C)C)C(=O)C(O)=C4[C@@]3(C)C2)cc1OC(C)=O. The van der Waals surface area contributed by atoms with E-state index >= 15 is 0 Å². The molecule has 1 N–H and O–H groups in total. The second kappa shape index (κ2) is 9.98. The Labute approximate surface area is 228 Å². The summed E-state index contributed by atoms with van der Waals surface area (Å²) in [6, 6.07) is 4.11. The molecule has 2 atom stereocenters. The zero-order chi connectivity index (χ0) is 28.9. The van der Waals surface area contributed by atoms with Crippen molar-refractivity contribution >= 4 is 23.7 Å². The first-order chi connectivity index (χ1) is 18.1. The van der Waals surface area contributed by atoms with Gasteiger partial charge in [0.2, 0.25) is 5.78 Å². The number of carbonyl (C=O) groups is 4. The molecule has 8 heteroatoms. The Morgan fingerprint density at radius 1 is 0.974 bits per heavy atom.